The number of hydrogen-bond donors (Lipinski definition) is 1. The molecule has 18 heavy (non-hydrogen) atoms. The van der Waals surface area contributed by atoms with Gasteiger partial charge in [0.25, 0.3) is 0 Å². The van der Waals surface area contributed by atoms with E-state index in [9.17, 15) is 0 Å². The minimum absolute atomic E-state index is 0.510. The molecule has 1 heterocycles. The first kappa shape index (κ1) is 14.4. The van der Waals surface area contributed by atoms with Crippen LogP contribution < -0.4 is 5.32 Å². The highest BCUT2D eigenvalue weighted by Crippen LogP contribution is 2.43. The third kappa shape index (κ3) is 3.72. The Hall–Kier alpha value is -0.0500. The fourth-order valence-corrected chi connectivity index (χ4v) is 4.46. The predicted octanol–water partition coefficient (Wildman–Crippen LogP) is 4.61. The second-order valence-corrected chi connectivity index (χ2v) is 8.19. The zero-order chi connectivity index (χ0) is 13.2. The predicted molar refractivity (Wildman–Crippen MR) is 81.6 cm³/mol. The second-order valence-electron chi connectivity index (χ2n) is 6.39. The van der Waals surface area contributed by atoms with Gasteiger partial charge < -0.3 is 5.32 Å². The van der Waals surface area contributed by atoms with Crippen molar-refractivity contribution in [2.24, 2.45) is 17.3 Å². The van der Waals surface area contributed by atoms with Crippen LogP contribution in [0.25, 0.3) is 0 Å². The first-order valence-corrected chi connectivity index (χ1v) is 8.08. The first-order valence-electron chi connectivity index (χ1n) is 6.89. The Kier molecular flexibility index (Phi) is 4.74. The summed E-state index contributed by atoms with van der Waals surface area (Å²) in [6.45, 7) is 5.98. The Balaban J connectivity index is 2.05. The second kappa shape index (κ2) is 5.94. The molecule has 1 aliphatic rings. The van der Waals surface area contributed by atoms with Crippen molar-refractivity contribution in [1.82, 2.24) is 5.32 Å². The molecule has 102 valence electrons. The minimum atomic E-state index is 0.510. The maximum atomic E-state index is 6.04. The van der Waals surface area contributed by atoms with E-state index in [2.05, 4.69) is 32.3 Å². The SMILES string of the molecule is CNCC1CCC(C)(C)CC1Cc1ccc(Cl)s1. The lowest BCUT2D eigenvalue weighted by atomic mass is 9.66. The minimum Gasteiger partial charge on any atom is -0.319 e. The molecule has 1 aromatic rings. The molecule has 2 atom stereocenters. The zero-order valence-corrected chi connectivity index (χ0v) is 13.2. The van der Waals surface area contributed by atoms with Crippen LogP contribution in [0.15, 0.2) is 12.1 Å². The third-order valence-corrected chi connectivity index (χ3v) is 5.49. The van der Waals surface area contributed by atoms with E-state index < -0.39 is 0 Å². The van der Waals surface area contributed by atoms with Gasteiger partial charge in [0, 0.05) is 4.88 Å². The topological polar surface area (TPSA) is 12.0 Å². The Morgan fingerprint density at radius 2 is 2.17 bits per heavy atom. The van der Waals surface area contributed by atoms with Crippen LogP contribution in [0.2, 0.25) is 4.34 Å². The molecule has 3 heteroatoms. The van der Waals surface area contributed by atoms with Crippen LogP contribution in [-0.4, -0.2) is 13.6 Å². The van der Waals surface area contributed by atoms with Gasteiger partial charge in [-0.05, 0) is 68.7 Å². The fourth-order valence-electron chi connectivity index (χ4n) is 3.28. The van der Waals surface area contributed by atoms with E-state index in [1.54, 1.807) is 11.3 Å². The fraction of sp³-hybridized carbons (Fsp3) is 0.733. The summed E-state index contributed by atoms with van der Waals surface area (Å²) in [4.78, 5) is 1.45. The van der Waals surface area contributed by atoms with Gasteiger partial charge >= 0.3 is 0 Å². The van der Waals surface area contributed by atoms with Gasteiger partial charge in [0.2, 0.25) is 0 Å². The number of nitrogens with one attached hydrogen (secondary N) is 1. The molecule has 0 spiro atoms. The quantitative estimate of drug-likeness (QED) is 0.852. The van der Waals surface area contributed by atoms with E-state index in [0.717, 1.165) is 22.7 Å². The van der Waals surface area contributed by atoms with Crippen molar-refractivity contribution in [2.75, 3.05) is 13.6 Å². The highest BCUT2D eigenvalue weighted by Gasteiger charge is 2.34. The number of halogens is 1. The van der Waals surface area contributed by atoms with Gasteiger partial charge in [0.05, 0.1) is 4.34 Å². The van der Waals surface area contributed by atoms with Crippen molar-refractivity contribution in [3.05, 3.63) is 21.3 Å². The zero-order valence-electron chi connectivity index (χ0n) is 11.6. The maximum Gasteiger partial charge on any atom is 0.0931 e. The lowest BCUT2D eigenvalue weighted by Crippen LogP contribution is -2.35. The van der Waals surface area contributed by atoms with E-state index in [4.69, 9.17) is 11.6 Å². The summed E-state index contributed by atoms with van der Waals surface area (Å²) >= 11 is 7.78. The largest absolute Gasteiger partial charge is 0.319 e. The summed E-state index contributed by atoms with van der Waals surface area (Å²) in [6.07, 6.45) is 5.26. The highest BCUT2D eigenvalue weighted by molar-refractivity contribution is 7.16. The van der Waals surface area contributed by atoms with Gasteiger partial charge in [0.15, 0.2) is 0 Å². The molecule has 1 N–H and O–H groups in total. The standard InChI is InChI=1S/C15H24ClNS/c1-15(2)7-6-11(10-17-3)12(9-15)8-13-4-5-14(16)18-13/h4-5,11-12,17H,6-10H2,1-3H3. The van der Waals surface area contributed by atoms with Crippen LogP contribution in [0.3, 0.4) is 0 Å². The molecule has 1 nitrogen and oxygen atoms in total. The van der Waals surface area contributed by atoms with E-state index >= 15 is 0 Å². The Morgan fingerprint density at radius 1 is 1.39 bits per heavy atom. The molecule has 1 aromatic heterocycles. The summed E-state index contributed by atoms with van der Waals surface area (Å²) in [7, 11) is 2.07. The van der Waals surface area contributed by atoms with Crippen LogP contribution in [-0.2, 0) is 6.42 Å². The van der Waals surface area contributed by atoms with Gasteiger partial charge in [-0.1, -0.05) is 25.4 Å². The van der Waals surface area contributed by atoms with Gasteiger partial charge in [0.1, 0.15) is 0 Å². The average Bonchev–Trinajstić information content (AvgIpc) is 2.68. The molecular weight excluding hydrogens is 262 g/mol. The van der Waals surface area contributed by atoms with Gasteiger partial charge in [-0.3, -0.25) is 0 Å². The van der Waals surface area contributed by atoms with Crippen LogP contribution in [0.4, 0.5) is 0 Å². The molecule has 1 saturated carbocycles. The van der Waals surface area contributed by atoms with Crippen LogP contribution >= 0.6 is 22.9 Å². The lowest BCUT2D eigenvalue weighted by Gasteiger charge is -2.41. The van der Waals surface area contributed by atoms with Crippen LogP contribution in [0.5, 0.6) is 0 Å². The Bertz CT molecular complexity index is 386. The van der Waals surface area contributed by atoms with Crippen molar-refractivity contribution in [3.63, 3.8) is 0 Å². The number of hydrogen-bond acceptors (Lipinski definition) is 2. The summed E-state index contributed by atoms with van der Waals surface area (Å²) < 4.78 is 0.922. The van der Waals surface area contributed by atoms with Crippen LogP contribution in [0.1, 0.15) is 38.0 Å². The van der Waals surface area contributed by atoms with E-state index in [0.29, 0.717) is 5.41 Å². The summed E-state index contributed by atoms with van der Waals surface area (Å²) in [5, 5.41) is 3.36. The normalized spacial score (nSPS) is 27.3. The molecule has 1 aliphatic carbocycles. The number of rotatable bonds is 4. The van der Waals surface area contributed by atoms with Crippen LogP contribution in [0, 0.1) is 17.3 Å². The molecule has 1 fully saturated rings. The van der Waals surface area contributed by atoms with Crippen molar-refractivity contribution in [1.29, 1.82) is 0 Å². The Morgan fingerprint density at radius 3 is 2.78 bits per heavy atom. The monoisotopic (exact) mass is 285 g/mol. The molecule has 0 radical (unpaired) electrons. The third-order valence-electron chi connectivity index (χ3n) is 4.23. The summed E-state index contributed by atoms with van der Waals surface area (Å²) in [6, 6.07) is 4.23. The van der Waals surface area contributed by atoms with Gasteiger partial charge in [-0.15, -0.1) is 11.3 Å². The molecule has 0 saturated heterocycles. The molecule has 0 aliphatic heterocycles. The smallest absolute Gasteiger partial charge is 0.0931 e. The molecule has 2 rings (SSSR count). The maximum absolute atomic E-state index is 6.04. The number of thiophene rings is 1. The van der Waals surface area contributed by atoms with E-state index in [-0.39, 0.29) is 0 Å². The van der Waals surface area contributed by atoms with Crippen molar-refractivity contribution in [2.45, 2.75) is 39.5 Å². The molecule has 2 unspecified atom stereocenters. The van der Waals surface area contributed by atoms with E-state index in [1.165, 1.54) is 30.6 Å². The van der Waals surface area contributed by atoms with Crippen molar-refractivity contribution >= 4 is 22.9 Å². The Labute approximate surface area is 120 Å². The van der Waals surface area contributed by atoms with Crippen molar-refractivity contribution < 1.29 is 0 Å². The highest BCUT2D eigenvalue weighted by atomic mass is 35.5. The molecule has 0 bridgehead atoms. The summed E-state index contributed by atoms with van der Waals surface area (Å²) in [5.41, 5.74) is 0.510. The lowest BCUT2D eigenvalue weighted by molar-refractivity contribution is 0.118. The molecular formula is C15H24ClNS. The molecule has 0 aromatic carbocycles. The molecule has 0 amide bonds. The van der Waals surface area contributed by atoms with Gasteiger partial charge in [-0.25, -0.2) is 0 Å². The van der Waals surface area contributed by atoms with E-state index in [1.807, 2.05) is 6.07 Å². The van der Waals surface area contributed by atoms with Gasteiger partial charge in [-0.2, -0.15) is 0 Å². The first-order chi connectivity index (χ1) is 8.50. The van der Waals surface area contributed by atoms with Crippen molar-refractivity contribution in [3.8, 4) is 0 Å². The summed E-state index contributed by atoms with van der Waals surface area (Å²) in [5.74, 6) is 1.62. The average molecular weight is 286 g/mol.